The second-order valence-corrected chi connectivity index (χ2v) is 9.84. The molecule has 2 bridgehead atoms. The highest BCUT2D eigenvalue weighted by molar-refractivity contribution is 7.92. The number of carbonyl (C=O) groups excluding carboxylic acids is 1. The van der Waals surface area contributed by atoms with Gasteiger partial charge in [0.25, 0.3) is 5.56 Å². The molecule has 3 rings (SSSR count). The third-order valence-corrected chi connectivity index (χ3v) is 7.43. The third kappa shape index (κ3) is 3.50. The van der Waals surface area contributed by atoms with Gasteiger partial charge in [-0.1, -0.05) is 6.07 Å². The number of nitrogens with one attached hydrogen (secondary N) is 2. The van der Waals surface area contributed by atoms with Crippen LogP contribution in [0.15, 0.2) is 23.0 Å². The van der Waals surface area contributed by atoms with E-state index >= 15 is 0 Å². The zero-order chi connectivity index (χ0) is 18.2. The lowest BCUT2D eigenvalue weighted by Gasteiger charge is -2.42. The number of pyridine rings is 1. The lowest BCUT2D eigenvalue weighted by Crippen LogP contribution is -2.52. The smallest absolute Gasteiger partial charge is 0.251 e. The van der Waals surface area contributed by atoms with Crippen LogP contribution in [0.1, 0.15) is 37.9 Å². The summed E-state index contributed by atoms with van der Waals surface area (Å²) in [6.07, 6.45) is 0.860. The molecular formula is C17H25N3O4S. The van der Waals surface area contributed by atoms with Crippen LogP contribution < -0.4 is 16.2 Å². The summed E-state index contributed by atoms with van der Waals surface area (Å²) in [6.45, 7) is 4.81. The van der Waals surface area contributed by atoms with Crippen LogP contribution in [-0.4, -0.2) is 49.5 Å². The van der Waals surface area contributed by atoms with E-state index in [0.29, 0.717) is 6.54 Å². The Kier molecular flexibility index (Phi) is 5.02. The fourth-order valence-corrected chi connectivity index (χ4v) is 4.65. The maximum atomic E-state index is 12.8. The molecule has 0 aromatic carbocycles. The van der Waals surface area contributed by atoms with Gasteiger partial charge in [0.1, 0.15) is 6.04 Å². The molecule has 7 nitrogen and oxygen atoms in total. The van der Waals surface area contributed by atoms with Crippen molar-refractivity contribution in [2.24, 2.45) is 5.92 Å². The summed E-state index contributed by atoms with van der Waals surface area (Å²) >= 11 is 0. The number of hydrogen-bond donors (Lipinski definition) is 2. The second kappa shape index (κ2) is 6.92. The van der Waals surface area contributed by atoms with Crippen LogP contribution in [0.5, 0.6) is 0 Å². The van der Waals surface area contributed by atoms with Gasteiger partial charge in [0.15, 0.2) is 9.84 Å². The molecule has 0 unspecified atom stereocenters. The molecule has 1 aromatic heterocycles. The van der Waals surface area contributed by atoms with Crippen LogP contribution >= 0.6 is 0 Å². The third-order valence-electron chi connectivity index (χ3n) is 5.22. The number of aromatic nitrogens is 1. The van der Waals surface area contributed by atoms with Crippen molar-refractivity contribution >= 4 is 15.7 Å². The highest BCUT2D eigenvalue weighted by Gasteiger charge is 2.41. The molecule has 0 radical (unpaired) electrons. The van der Waals surface area contributed by atoms with E-state index in [0.717, 1.165) is 18.7 Å². The van der Waals surface area contributed by atoms with Gasteiger partial charge < -0.3 is 10.6 Å². The standard InChI is InChI=1S/C17H25N3O4S/c1-11(2)25(23,24)7-6-19-17(22)16-13-8-12(9-18-10-13)14-4-3-5-15(21)20(14)16/h3-5,11-13,16,18H,6-10H2,1-2H3,(H,19,22)/t12-,13+,16-/m1/s1. The molecule has 8 heteroatoms. The number of fused-ring (bicyclic) bond motifs is 4. The van der Waals surface area contributed by atoms with Crippen molar-refractivity contribution < 1.29 is 13.2 Å². The molecule has 0 aliphatic carbocycles. The molecular weight excluding hydrogens is 342 g/mol. The van der Waals surface area contributed by atoms with Crippen molar-refractivity contribution in [2.75, 3.05) is 25.4 Å². The van der Waals surface area contributed by atoms with Gasteiger partial charge in [0.2, 0.25) is 5.91 Å². The molecule has 2 aliphatic heterocycles. The number of hydrogen-bond acceptors (Lipinski definition) is 5. The first-order chi connectivity index (χ1) is 11.8. The molecule has 1 saturated heterocycles. The number of piperidine rings is 1. The first-order valence-electron chi connectivity index (χ1n) is 8.72. The molecule has 138 valence electrons. The molecule has 1 amide bonds. The average molecular weight is 367 g/mol. The van der Waals surface area contributed by atoms with E-state index in [9.17, 15) is 18.0 Å². The average Bonchev–Trinajstić information content (AvgIpc) is 2.56. The van der Waals surface area contributed by atoms with Crippen molar-refractivity contribution in [1.29, 1.82) is 0 Å². The Morgan fingerprint density at radius 1 is 1.36 bits per heavy atom. The normalized spacial score (nSPS) is 25.5. The lowest BCUT2D eigenvalue weighted by molar-refractivity contribution is -0.126. The summed E-state index contributed by atoms with van der Waals surface area (Å²) in [5.41, 5.74) is 0.704. The minimum absolute atomic E-state index is 0.0352. The summed E-state index contributed by atoms with van der Waals surface area (Å²) < 4.78 is 25.4. The molecule has 3 atom stereocenters. The largest absolute Gasteiger partial charge is 0.353 e. The Morgan fingerprint density at radius 3 is 2.84 bits per heavy atom. The number of carbonyl (C=O) groups is 1. The summed E-state index contributed by atoms with van der Waals surface area (Å²) in [7, 11) is -3.21. The molecule has 2 N–H and O–H groups in total. The van der Waals surface area contributed by atoms with E-state index < -0.39 is 21.1 Å². The topological polar surface area (TPSA) is 97.3 Å². The van der Waals surface area contributed by atoms with Crippen molar-refractivity contribution in [3.8, 4) is 0 Å². The van der Waals surface area contributed by atoms with Gasteiger partial charge >= 0.3 is 0 Å². The Labute approximate surface area is 147 Å². The quantitative estimate of drug-likeness (QED) is 0.766. The SMILES string of the molecule is CC(C)S(=O)(=O)CCNC(=O)[C@H]1[C@@H]2CNC[C@@H](C2)c2cccc(=O)n21. The molecule has 0 spiro atoms. The Balaban J connectivity index is 1.80. The van der Waals surface area contributed by atoms with Crippen molar-refractivity contribution in [1.82, 2.24) is 15.2 Å². The van der Waals surface area contributed by atoms with Crippen LogP contribution in [0.2, 0.25) is 0 Å². The van der Waals surface area contributed by atoms with Gasteiger partial charge in [0.05, 0.1) is 11.0 Å². The maximum absolute atomic E-state index is 12.8. The Morgan fingerprint density at radius 2 is 2.12 bits per heavy atom. The fraction of sp³-hybridized carbons (Fsp3) is 0.647. The molecule has 2 aliphatic rings. The van der Waals surface area contributed by atoms with Crippen LogP contribution in [0.25, 0.3) is 0 Å². The lowest BCUT2D eigenvalue weighted by atomic mass is 9.79. The Hall–Kier alpha value is -1.67. The zero-order valence-corrected chi connectivity index (χ0v) is 15.4. The predicted molar refractivity (Wildman–Crippen MR) is 95.4 cm³/mol. The maximum Gasteiger partial charge on any atom is 0.251 e. The molecule has 1 fully saturated rings. The summed E-state index contributed by atoms with van der Waals surface area (Å²) in [5.74, 6) is -0.0997. The number of nitrogens with zero attached hydrogens (tertiary/aromatic N) is 1. The first kappa shape index (κ1) is 18.1. The van der Waals surface area contributed by atoms with Crippen molar-refractivity contribution in [3.63, 3.8) is 0 Å². The van der Waals surface area contributed by atoms with Gasteiger partial charge in [-0.3, -0.25) is 14.2 Å². The minimum Gasteiger partial charge on any atom is -0.353 e. The zero-order valence-electron chi connectivity index (χ0n) is 14.6. The molecule has 1 aromatic rings. The van der Waals surface area contributed by atoms with E-state index in [4.69, 9.17) is 0 Å². The molecule has 0 saturated carbocycles. The summed E-state index contributed by atoms with van der Waals surface area (Å²) in [6, 6.07) is 4.52. The highest BCUT2D eigenvalue weighted by atomic mass is 32.2. The first-order valence-corrected chi connectivity index (χ1v) is 10.4. The van der Waals surface area contributed by atoms with Crippen molar-refractivity contribution in [3.05, 3.63) is 34.2 Å². The van der Waals surface area contributed by atoms with Crippen LogP contribution in [0.3, 0.4) is 0 Å². The number of amides is 1. The van der Waals surface area contributed by atoms with Crippen LogP contribution in [0, 0.1) is 5.92 Å². The van der Waals surface area contributed by atoms with Gasteiger partial charge in [-0.15, -0.1) is 0 Å². The van der Waals surface area contributed by atoms with E-state index in [1.807, 2.05) is 6.07 Å². The predicted octanol–water partition coefficient (Wildman–Crippen LogP) is 0.0355. The van der Waals surface area contributed by atoms with Gasteiger partial charge in [-0.25, -0.2) is 8.42 Å². The monoisotopic (exact) mass is 367 g/mol. The van der Waals surface area contributed by atoms with Crippen molar-refractivity contribution in [2.45, 2.75) is 37.5 Å². The van der Waals surface area contributed by atoms with E-state index in [1.54, 1.807) is 24.5 Å². The molecule has 25 heavy (non-hydrogen) atoms. The fourth-order valence-electron chi connectivity index (χ4n) is 3.79. The Bertz CT molecular complexity index is 815. The minimum atomic E-state index is -3.21. The summed E-state index contributed by atoms with van der Waals surface area (Å²) in [4.78, 5) is 25.2. The molecule has 3 heterocycles. The van der Waals surface area contributed by atoms with E-state index in [2.05, 4.69) is 10.6 Å². The number of sulfone groups is 1. The second-order valence-electron chi connectivity index (χ2n) is 7.16. The van der Waals surface area contributed by atoms with Gasteiger partial charge in [-0.2, -0.15) is 0 Å². The number of rotatable bonds is 5. The highest BCUT2D eigenvalue weighted by Crippen LogP contribution is 2.38. The van der Waals surface area contributed by atoms with E-state index in [1.165, 1.54) is 6.07 Å². The van der Waals surface area contributed by atoms with Crippen LogP contribution in [-0.2, 0) is 14.6 Å². The summed E-state index contributed by atoms with van der Waals surface area (Å²) in [5, 5.41) is 5.60. The van der Waals surface area contributed by atoms with Gasteiger partial charge in [-0.05, 0) is 26.3 Å². The van der Waals surface area contributed by atoms with Crippen LogP contribution in [0.4, 0.5) is 0 Å². The van der Waals surface area contributed by atoms with E-state index in [-0.39, 0.29) is 35.6 Å². The van der Waals surface area contributed by atoms with Gasteiger partial charge in [0, 0.05) is 43.2 Å².